The van der Waals surface area contributed by atoms with Crippen LogP contribution in [0, 0.1) is 5.82 Å². The molecule has 0 aliphatic carbocycles. The standard InChI is InChI=1S/C13H15F4N/c1-18-7-5-9(6-8-18)10-3-2-4-11(12(10)14)13(15,16)17/h2-4,9H,5-8H2,1H3. The highest BCUT2D eigenvalue weighted by atomic mass is 19.4. The average Bonchev–Trinajstić information content (AvgIpc) is 2.29. The SMILES string of the molecule is CN1CCC(c2cccc(C(F)(F)F)c2F)CC1. The van der Waals surface area contributed by atoms with Crippen LogP contribution in [-0.2, 0) is 6.18 Å². The summed E-state index contributed by atoms with van der Waals surface area (Å²) in [6, 6.07) is 3.56. The Hall–Kier alpha value is -1.10. The maximum atomic E-state index is 13.9. The van der Waals surface area contributed by atoms with E-state index in [4.69, 9.17) is 0 Å². The molecule has 0 bridgehead atoms. The van der Waals surface area contributed by atoms with E-state index in [1.165, 1.54) is 12.1 Å². The Balaban J connectivity index is 2.29. The molecule has 1 aliphatic rings. The number of hydrogen-bond donors (Lipinski definition) is 0. The summed E-state index contributed by atoms with van der Waals surface area (Å²) in [6.07, 6.45) is -3.21. The minimum atomic E-state index is -4.62. The van der Waals surface area contributed by atoms with E-state index in [2.05, 4.69) is 4.90 Å². The summed E-state index contributed by atoms with van der Waals surface area (Å²) in [5.41, 5.74) is -0.947. The molecule has 0 saturated carbocycles. The smallest absolute Gasteiger partial charge is 0.306 e. The monoisotopic (exact) mass is 261 g/mol. The van der Waals surface area contributed by atoms with Crippen molar-refractivity contribution in [3.05, 3.63) is 35.1 Å². The Morgan fingerprint density at radius 3 is 2.33 bits per heavy atom. The molecule has 1 saturated heterocycles. The topological polar surface area (TPSA) is 3.24 Å². The predicted octanol–water partition coefficient (Wildman–Crippen LogP) is 3.65. The fraction of sp³-hybridized carbons (Fsp3) is 0.538. The molecule has 1 aliphatic heterocycles. The molecule has 5 heteroatoms. The summed E-state index contributed by atoms with van der Waals surface area (Å²) < 4.78 is 51.7. The van der Waals surface area contributed by atoms with Gasteiger partial charge in [-0.1, -0.05) is 12.1 Å². The third-order valence-corrected chi connectivity index (χ3v) is 3.49. The van der Waals surface area contributed by atoms with Crippen LogP contribution in [0.4, 0.5) is 17.6 Å². The van der Waals surface area contributed by atoms with Crippen LogP contribution < -0.4 is 0 Å². The van der Waals surface area contributed by atoms with Crippen molar-refractivity contribution in [3.63, 3.8) is 0 Å². The Bertz CT molecular complexity index is 419. The lowest BCUT2D eigenvalue weighted by atomic mass is 9.88. The van der Waals surface area contributed by atoms with Gasteiger partial charge in [0.05, 0.1) is 5.56 Å². The highest BCUT2D eigenvalue weighted by Gasteiger charge is 2.36. The summed E-state index contributed by atoms with van der Waals surface area (Å²) in [6.45, 7) is 1.58. The van der Waals surface area contributed by atoms with Crippen molar-refractivity contribution >= 4 is 0 Å². The highest BCUT2D eigenvalue weighted by Crippen LogP contribution is 2.36. The van der Waals surface area contributed by atoms with Crippen molar-refractivity contribution < 1.29 is 17.6 Å². The van der Waals surface area contributed by atoms with Gasteiger partial charge in [-0.15, -0.1) is 0 Å². The minimum Gasteiger partial charge on any atom is -0.306 e. The summed E-state index contributed by atoms with van der Waals surface area (Å²) in [7, 11) is 1.96. The van der Waals surface area contributed by atoms with E-state index in [0.29, 0.717) is 12.8 Å². The van der Waals surface area contributed by atoms with Gasteiger partial charge in [-0.25, -0.2) is 4.39 Å². The van der Waals surface area contributed by atoms with E-state index < -0.39 is 17.6 Å². The highest BCUT2D eigenvalue weighted by molar-refractivity contribution is 5.31. The van der Waals surface area contributed by atoms with Gasteiger partial charge in [0.2, 0.25) is 0 Å². The molecule has 1 aromatic carbocycles. The lowest BCUT2D eigenvalue weighted by molar-refractivity contribution is -0.140. The van der Waals surface area contributed by atoms with E-state index >= 15 is 0 Å². The fourth-order valence-corrected chi connectivity index (χ4v) is 2.40. The first-order chi connectivity index (χ1) is 8.39. The van der Waals surface area contributed by atoms with Crippen molar-refractivity contribution in [3.8, 4) is 0 Å². The summed E-state index contributed by atoms with van der Waals surface area (Å²) >= 11 is 0. The maximum absolute atomic E-state index is 13.9. The minimum absolute atomic E-state index is 0.108. The molecule has 0 radical (unpaired) electrons. The zero-order valence-corrected chi connectivity index (χ0v) is 10.1. The van der Waals surface area contributed by atoms with E-state index in [0.717, 1.165) is 19.2 Å². The molecule has 1 fully saturated rings. The van der Waals surface area contributed by atoms with Crippen molar-refractivity contribution in [2.45, 2.75) is 24.9 Å². The fourth-order valence-electron chi connectivity index (χ4n) is 2.40. The molecular formula is C13H15F4N. The first kappa shape index (κ1) is 13.3. The lowest BCUT2D eigenvalue weighted by Crippen LogP contribution is -2.29. The Labute approximate surface area is 103 Å². The second kappa shape index (κ2) is 4.88. The molecule has 100 valence electrons. The van der Waals surface area contributed by atoms with Crippen LogP contribution >= 0.6 is 0 Å². The summed E-state index contributed by atoms with van der Waals surface area (Å²) in [5.74, 6) is -1.21. The van der Waals surface area contributed by atoms with Gasteiger partial charge in [0, 0.05) is 0 Å². The van der Waals surface area contributed by atoms with Crippen LogP contribution in [0.5, 0.6) is 0 Å². The first-order valence-corrected chi connectivity index (χ1v) is 5.93. The van der Waals surface area contributed by atoms with Gasteiger partial charge in [0.1, 0.15) is 5.82 Å². The number of alkyl halides is 3. The van der Waals surface area contributed by atoms with E-state index in [1.807, 2.05) is 7.05 Å². The first-order valence-electron chi connectivity index (χ1n) is 5.93. The van der Waals surface area contributed by atoms with Gasteiger partial charge in [0.25, 0.3) is 0 Å². The van der Waals surface area contributed by atoms with Crippen molar-refractivity contribution in [2.75, 3.05) is 20.1 Å². The molecule has 1 nitrogen and oxygen atoms in total. The number of rotatable bonds is 1. The normalized spacial score (nSPS) is 19.2. The Morgan fingerprint density at radius 2 is 1.78 bits per heavy atom. The Morgan fingerprint density at radius 1 is 1.17 bits per heavy atom. The molecule has 0 aromatic heterocycles. The largest absolute Gasteiger partial charge is 0.419 e. The van der Waals surface area contributed by atoms with Gasteiger partial charge in [-0.05, 0) is 50.5 Å². The average molecular weight is 261 g/mol. The van der Waals surface area contributed by atoms with Crippen LogP contribution in [0.25, 0.3) is 0 Å². The van der Waals surface area contributed by atoms with Crippen LogP contribution in [0.3, 0.4) is 0 Å². The molecule has 2 rings (SSSR count). The predicted molar refractivity (Wildman–Crippen MR) is 60.9 cm³/mol. The number of benzene rings is 1. The van der Waals surface area contributed by atoms with Gasteiger partial charge in [0.15, 0.2) is 0 Å². The van der Waals surface area contributed by atoms with Gasteiger partial charge in [-0.2, -0.15) is 13.2 Å². The molecule has 0 unspecified atom stereocenters. The molecule has 0 atom stereocenters. The lowest BCUT2D eigenvalue weighted by Gasteiger charge is -2.29. The van der Waals surface area contributed by atoms with Crippen LogP contribution in [0.15, 0.2) is 18.2 Å². The molecule has 1 aromatic rings. The van der Waals surface area contributed by atoms with E-state index in [-0.39, 0.29) is 11.5 Å². The number of likely N-dealkylation sites (tertiary alicyclic amines) is 1. The number of nitrogens with zero attached hydrogens (tertiary/aromatic N) is 1. The summed E-state index contributed by atoms with van der Waals surface area (Å²) in [4.78, 5) is 2.10. The number of hydrogen-bond acceptors (Lipinski definition) is 1. The van der Waals surface area contributed by atoms with Gasteiger partial charge >= 0.3 is 6.18 Å². The number of halogens is 4. The maximum Gasteiger partial charge on any atom is 0.419 e. The van der Waals surface area contributed by atoms with Crippen LogP contribution in [0.1, 0.15) is 29.9 Å². The van der Waals surface area contributed by atoms with Crippen molar-refractivity contribution in [1.29, 1.82) is 0 Å². The number of piperidine rings is 1. The third-order valence-electron chi connectivity index (χ3n) is 3.49. The van der Waals surface area contributed by atoms with Crippen LogP contribution in [-0.4, -0.2) is 25.0 Å². The van der Waals surface area contributed by atoms with Crippen molar-refractivity contribution in [2.24, 2.45) is 0 Å². The molecule has 0 amide bonds. The quantitative estimate of drug-likeness (QED) is 0.697. The zero-order valence-electron chi connectivity index (χ0n) is 10.1. The summed E-state index contributed by atoms with van der Waals surface area (Å²) in [5, 5.41) is 0. The third kappa shape index (κ3) is 2.66. The van der Waals surface area contributed by atoms with E-state index in [1.54, 1.807) is 0 Å². The Kier molecular flexibility index (Phi) is 3.61. The molecule has 0 spiro atoms. The van der Waals surface area contributed by atoms with Crippen molar-refractivity contribution in [1.82, 2.24) is 4.90 Å². The van der Waals surface area contributed by atoms with E-state index in [9.17, 15) is 17.6 Å². The molecule has 0 N–H and O–H groups in total. The second-order valence-corrected chi connectivity index (χ2v) is 4.78. The second-order valence-electron chi connectivity index (χ2n) is 4.78. The molecule has 18 heavy (non-hydrogen) atoms. The zero-order chi connectivity index (χ0) is 13.3. The van der Waals surface area contributed by atoms with Crippen LogP contribution in [0.2, 0.25) is 0 Å². The molecular weight excluding hydrogens is 246 g/mol. The van der Waals surface area contributed by atoms with Gasteiger partial charge in [-0.3, -0.25) is 0 Å². The van der Waals surface area contributed by atoms with Gasteiger partial charge < -0.3 is 4.90 Å². The molecule has 1 heterocycles.